The highest BCUT2D eigenvalue weighted by molar-refractivity contribution is 5.96. The van der Waals surface area contributed by atoms with Crippen molar-refractivity contribution in [2.45, 2.75) is 26.8 Å². The lowest BCUT2D eigenvalue weighted by atomic mass is 10.1. The first kappa shape index (κ1) is 28.1. The summed E-state index contributed by atoms with van der Waals surface area (Å²) in [6.07, 6.45) is 0.769. The Bertz CT molecular complexity index is 889. The van der Waals surface area contributed by atoms with E-state index < -0.39 is 4.92 Å². The van der Waals surface area contributed by atoms with Gasteiger partial charge in [0.2, 0.25) is 5.91 Å². The predicted molar refractivity (Wildman–Crippen MR) is 123 cm³/mol. The summed E-state index contributed by atoms with van der Waals surface area (Å²) in [7, 11) is 1.73. The van der Waals surface area contributed by atoms with Crippen molar-refractivity contribution in [3.05, 3.63) is 75.8 Å². The number of halogens is 1. The maximum Gasteiger partial charge on any atom is 0.269 e. The summed E-state index contributed by atoms with van der Waals surface area (Å²) in [6, 6.07) is 15.2. The molecule has 9 heteroatoms. The number of nitro groups is 1. The Morgan fingerprint density at radius 1 is 1.00 bits per heavy atom. The smallest absolute Gasteiger partial charge is 0.269 e. The highest BCUT2D eigenvalue weighted by atomic mass is 35.5. The predicted octanol–water partition coefficient (Wildman–Crippen LogP) is -0.986. The quantitative estimate of drug-likeness (QED) is 0.315. The average molecular weight is 477 g/mol. The standard InChI is InChI=1S/C24H32N4O4.ClH/c1-4-26(5-2)16-9-17-27(24(30)21-12-14-22(15-13-21)28(31)32)19-23(29)25(3)18-20-10-7-6-8-11-20;/h6-8,10-15H,4-5,9,16-19H2,1-3H3;1H. The van der Waals surface area contributed by atoms with Crippen LogP contribution in [0.5, 0.6) is 0 Å². The third-order valence-electron chi connectivity index (χ3n) is 5.59. The van der Waals surface area contributed by atoms with Crippen molar-refractivity contribution in [1.29, 1.82) is 0 Å². The number of carbonyl (C=O) groups is 2. The molecule has 0 fully saturated rings. The number of nitro benzene ring substituents is 1. The van der Waals surface area contributed by atoms with Crippen LogP contribution >= 0.6 is 0 Å². The Morgan fingerprint density at radius 2 is 1.61 bits per heavy atom. The van der Waals surface area contributed by atoms with Crippen LogP contribution in [0.15, 0.2) is 54.6 Å². The monoisotopic (exact) mass is 476 g/mol. The second-order valence-electron chi connectivity index (χ2n) is 7.83. The largest absolute Gasteiger partial charge is 1.00 e. The van der Waals surface area contributed by atoms with Crippen LogP contribution in [-0.2, 0) is 11.3 Å². The molecule has 33 heavy (non-hydrogen) atoms. The molecule has 0 bridgehead atoms. The summed E-state index contributed by atoms with van der Waals surface area (Å²) in [5.41, 5.74) is 1.28. The third kappa shape index (κ3) is 8.82. The first-order valence-corrected chi connectivity index (χ1v) is 11.0. The van der Waals surface area contributed by atoms with Crippen molar-refractivity contribution in [1.82, 2.24) is 9.80 Å². The van der Waals surface area contributed by atoms with E-state index in [4.69, 9.17) is 0 Å². The number of non-ortho nitro benzene ring substituents is 1. The molecule has 0 heterocycles. The fourth-order valence-corrected chi connectivity index (χ4v) is 3.51. The second kappa shape index (κ2) is 14.2. The Hall–Kier alpha value is -2.97. The highest BCUT2D eigenvalue weighted by Crippen LogP contribution is 2.14. The number of hydrogen-bond donors (Lipinski definition) is 1. The van der Waals surface area contributed by atoms with Gasteiger partial charge in [-0.15, -0.1) is 0 Å². The Morgan fingerprint density at radius 3 is 2.15 bits per heavy atom. The van der Waals surface area contributed by atoms with Crippen LogP contribution in [-0.4, -0.2) is 66.3 Å². The molecule has 180 valence electrons. The fraction of sp³-hybridized carbons (Fsp3) is 0.417. The van der Waals surface area contributed by atoms with Gasteiger partial charge in [-0.3, -0.25) is 19.7 Å². The molecule has 0 atom stereocenters. The Kier molecular flexibility index (Phi) is 12.1. The third-order valence-corrected chi connectivity index (χ3v) is 5.59. The molecule has 0 unspecified atom stereocenters. The van der Waals surface area contributed by atoms with Crippen LogP contribution in [0.4, 0.5) is 5.69 Å². The van der Waals surface area contributed by atoms with Crippen LogP contribution in [0, 0.1) is 10.1 Å². The molecule has 2 amide bonds. The summed E-state index contributed by atoms with van der Waals surface area (Å²) in [5.74, 6) is -0.449. The van der Waals surface area contributed by atoms with E-state index in [1.807, 2.05) is 30.3 Å². The van der Waals surface area contributed by atoms with Gasteiger partial charge in [-0.1, -0.05) is 30.3 Å². The molecule has 0 radical (unpaired) electrons. The van der Waals surface area contributed by atoms with Gasteiger partial charge in [0.15, 0.2) is 0 Å². The van der Waals surface area contributed by atoms with Crippen LogP contribution in [0.25, 0.3) is 0 Å². The molecular formula is C24H33ClN4O4. The van der Waals surface area contributed by atoms with Gasteiger partial charge in [0.25, 0.3) is 11.6 Å². The van der Waals surface area contributed by atoms with Gasteiger partial charge in [0.1, 0.15) is 6.54 Å². The molecule has 0 aromatic heterocycles. The number of quaternary nitrogens is 1. The summed E-state index contributed by atoms with van der Waals surface area (Å²) in [4.78, 5) is 41.0. The minimum Gasteiger partial charge on any atom is -1.00 e. The maximum atomic E-state index is 13.1. The molecule has 0 aliphatic rings. The zero-order valence-corrected chi connectivity index (χ0v) is 20.3. The topological polar surface area (TPSA) is 88.2 Å². The van der Waals surface area contributed by atoms with Crippen LogP contribution in [0.1, 0.15) is 36.2 Å². The highest BCUT2D eigenvalue weighted by Gasteiger charge is 2.22. The van der Waals surface area contributed by atoms with E-state index in [9.17, 15) is 19.7 Å². The normalized spacial score (nSPS) is 10.4. The van der Waals surface area contributed by atoms with Crippen molar-refractivity contribution in [2.24, 2.45) is 0 Å². The molecule has 2 aromatic carbocycles. The molecule has 0 aliphatic carbocycles. The molecule has 1 N–H and O–H groups in total. The summed E-state index contributed by atoms with van der Waals surface area (Å²) in [5, 5.41) is 10.9. The van der Waals surface area contributed by atoms with E-state index in [-0.39, 0.29) is 36.5 Å². The zero-order valence-electron chi connectivity index (χ0n) is 19.5. The van der Waals surface area contributed by atoms with Crippen molar-refractivity contribution in [3.8, 4) is 0 Å². The number of nitrogens with one attached hydrogen (secondary N) is 1. The second-order valence-corrected chi connectivity index (χ2v) is 7.83. The Balaban J connectivity index is 0.00000544. The van der Waals surface area contributed by atoms with E-state index in [2.05, 4.69) is 13.8 Å². The SMILES string of the molecule is CC[NH+](CC)CCCN(CC(=O)N(C)Cc1ccccc1)C(=O)c1ccc([N+](=O)[O-])cc1.[Cl-]. The minimum atomic E-state index is -0.499. The molecular weight excluding hydrogens is 444 g/mol. The number of benzene rings is 2. The van der Waals surface area contributed by atoms with E-state index in [1.165, 1.54) is 29.2 Å². The molecule has 0 spiro atoms. The van der Waals surface area contributed by atoms with Gasteiger partial charge in [0, 0.05) is 44.3 Å². The number of hydrogen-bond acceptors (Lipinski definition) is 4. The summed E-state index contributed by atoms with van der Waals surface area (Å²) >= 11 is 0. The summed E-state index contributed by atoms with van der Waals surface area (Å²) in [6.45, 7) is 8.05. The van der Waals surface area contributed by atoms with Gasteiger partial charge in [0.05, 0.1) is 24.6 Å². The maximum absolute atomic E-state index is 13.1. The lowest BCUT2D eigenvalue weighted by molar-refractivity contribution is -0.896. The number of nitrogens with zero attached hydrogens (tertiary/aromatic N) is 3. The number of amides is 2. The Labute approximate surface area is 201 Å². The number of carbonyl (C=O) groups excluding carboxylic acids is 2. The molecule has 0 aliphatic heterocycles. The van der Waals surface area contributed by atoms with E-state index >= 15 is 0 Å². The number of likely N-dealkylation sites (N-methyl/N-ethyl adjacent to an activating group) is 1. The lowest BCUT2D eigenvalue weighted by Crippen LogP contribution is -3.11. The average Bonchev–Trinajstić information content (AvgIpc) is 2.81. The van der Waals surface area contributed by atoms with Gasteiger partial charge < -0.3 is 27.1 Å². The molecule has 0 saturated heterocycles. The zero-order chi connectivity index (χ0) is 23.5. The van der Waals surface area contributed by atoms with Gasteiger partial charge in [-0.05, 0) is 31.5 Å². The fourth-order valence-electron chi connectivity index (χ4n) is 3.51. The lowest BCUT2D eigenvalue weighted by Gasteiger charge is -2.26. The summed E-state index contributed by atoms with van der Waals surface area (Å²) < 4.78 is 0. The minimum absolute atomic E-state index is 0. The van der Waals surface area contributed by atoms with Crippen molar-refractivity contribution < 1.29 is 31.8 Å². The first-order chi connectivity index (χ1) is 15.3. The molecule has 0 saturated carbocycles. The van der Waals surface area contributed by atoms with Crippen molar-refractivity contribution >= 4 is 17.5 Å². The van der Waals surface area contributed by atoms with Gasteiger partial charge >= 0.3 is 0 Å². The van der Waals surface area contributed by atoms with Crippen molar-refractivity contribution in [3.63, 3.8) is 0 Å². The van der Waals surface area contributed by atoms with Crippen LogP contribution in [0.3, 0.4) is 0 Å². The van der Waals surface area contributed by atoms with E-state index in [0.29, 0.717) is 18.7 Å². The van der Waals surface area contributed by atoms with E-state index in [1.54, 1.807) is 16.8 Å². The van der Waals surface area contributed by atoms with Crippen molar-refractivity contribution in [2.75, 3.05) is 39.8 Å². The van der Waals surface area contributed by atoms with Crippen LogP contribution < -0.4 is 17.3 Å². The van der Waals surface area contributed by atoms with Gasteiger partial charge in [-0.25, -0.2) is 0 Å². The molecule has 2 aromatic rings. The first-order valence-electron chi connectivity index (χ1n) is 11.0. The number of rotatable bonds is 12. The van der Waals surface area contributed by atoms with Gasteiger partial charge in [-0.2, -0.15) is 0 Å². The molecule has 2 rings (SSSR count). The van der Waals surface area contributed by atoms with E-state index in [0.717, 1.165) is 31.6 Å². The molecule has 8 nitrogen and oxygen atoms in total. The van der Waals surface area contributed by atoms with Crippen LogP contribution in [0.2, 0.25) is 0 Å².